The van der Waals surface area contributed by atoms with Crippen LogP contribution in [0.2, 0.25) is 0 Å². The predicted molar refractivity (Wildman–Crippen MR) is 96.4 cm³/mol. The summed E-state index contributed by atoms with van der Waals surface area (Å²) >= 11 is 3.32. The highest BCUT2D eigenvalue weighted by molar-refractivity contribution is 9.10. The number of hydrogen-bond acceptors (Lipinski definition) is 4. The van der Waals surface area contributed by atoms with Crippen LogP contribution in [0.25, 0.3) is 0 Å². The van der Waals surface area contributed by atoms with Crippen molar-refractivity contribution in [2.45, 2.75) is 6.18 Å². The van der Waals surface area contributed by atoms with Crippen LogP contribution in [-0.2, 0) is 11.0 Å². The molecule has 1 amide bonds. The summed E-state index contributed by atoms with van der Waals surface area (Å²) in [5.41, 5.74) is 2.34. The molecule has 5 nitrogen and oxygen atoms in total. The molecule has 9 heteroatoms. The van der Waals surface area contributed by atoms with Gasteiger partial charge in [-0.15, -0.1) is 0 Å². The van der Waals surface area contributed by atoms with Gasteiger partial charge in [-0.3, -0.25) is 4.79 Å². The van der Waals surface area contributed by atoms with E-state index in [-0.39, 0.29) is 12.2 Å². The van der Waals surface area contributed by atoms with Crippen molar-refractivity contribution in [2.24, 2.45) is 5.10 Å². The van der Waals surface area contributed by atoms with Gasteiger partial charge in [-0.25, -0.2) is 5.43 Å². The smallest absolute Gasteiger partial charge is 0.416 e. The molecule has 0 aliphatic rings. The number of halogens is 4. The van der Waals surface area contributed by atoms with Gasteiger partial charge >= 0.3 is 6.18 Å². The van der Waals surface area contributed by atoms with Crippen molar-refractivity contribution >= 4 is 33.7 Å². The molecule has 0 aromatic heterocycles. The maximum Gasteiger partial charge on any atom is 0.416 e. The first-order chi connectivity index (χ1) is 12.3. The normalized spacial score (nSPS) is 11.4. The number of carbonyl (C=O) groups is 1. The highest BCUT2D eigenvalue weighted by atomic mass is 79.9. The van der Waals surface area contributed by atoms with Crippen LogP contribution in [0.15, 0.2) is 52.0 Å². The molecule has 0 aliphatic heterocycles. The van der Waals surface area contributed by atoms with E-state index < -0.39 is 17.6 Å². The second-order valence-electron chi connectivity index (χ2n) is 5.11. The molecule has 0 aliphatic carbocycles. The number of hydrogen-bond donors (Lipinski definition) is 2. The SMILES string of the molecule is COc1ccc(Br)cc1C=NNC(=O)CNc1cccc(C(F)(F)F)c1. The Morgan fingerprint density at radius 1 is 1.27 bits per heavy atom. The van der Waals surface area contributed by atoms with Crippen LogP contribution in [0.3, 0.4) is 0 Å². The molecule has 0 unspecified atom stereocenters. The number of anilines is 1. The maximum absolute atomic E-state index is 12.6. The largest absolute Gasteiger partial charge is 0.496 e. The van der Waals surface area contributed by atoms with Gasteiger partial charge in [0.1, 0.15) is 5.75 Å². The lowest BCUT2D eigenvalue weighted by molar-refractivity contribution is -0.137. The molecule has 0 radical (unpaired) electrons. The van der Waals surface area contributed by atoms with Gasteiger partial charge in [-0.2, -0.15) is 18.3 Å². The number of nitrogens with zero attached hydrogens (tertiary/aromatic N) is 1. The van der Waals surface area contributed by atoms with E-state index in [1.54, 1.807) is 18.2 Å². The number of benzene rings is 2. The molecule has 138 valence electrons. The Balaban J connectivity index is 1.91. The van der Waals surface area contributed by atoms with Crippen molar-refractivity contribution in [1.82, 2.24) is 5.43 Å². The molecule has 2 aromatic rings. The Labute approximate surface area is 156 Å². The van der Waals surface area contributed by atoms with E-state index in [0.717, 1.165) is 16.6 Å². The fourth-order valence-corrected chi connectivity index (χ4v) is 2.39. The summed E-state index contributed by atoms with van der Waals surface area (Å²) < 4.78 is 43.9. The first-order valence-corrected chi connectivity index (χ1v) is 8.15. The van der Waals surface area contributed by atoms with Gasteiger partial charge in [0.15, 0.2) is 0 Å². The van der Waals surface area contributed by atoms with Crippen molar-refractivity contribution in [2.75, 3.05) is 19.0 Å². The van der Waals surface area contributed by atoms with E-state index in [9.17, 15) is 18.0 Å². The Kier molecular flexibility index (Phi) is 6.62. The lowest BCUT2D eigenvalue weighted by atomic mass is 10.2. The zero-order valence-electron chi connectivity index (χ0n) is 13.6. The van der Waals surface area contributed by atoms with Crippen LogP contribution in [0.4, 0.5) is 18.9 Å². The number of rotatable bonds is 6. The molecule has 2 aromatic carbocycles. The van der Waals surface area contributed by atoms with Gasteiger partial charge in [0.2, 0.25) is 0 Å². The zero-order chi connectivity index (χ0) is 19.2. The monoisotopic (exact) mass is 429 g/mol. The zero-order valence-corrected chi connectivity index (χ0v) is 15.2. The molecule has 0 heterocycles. The predicted octanol–water partition coefficient (Wildman–Crippen LogP) is 4.04. The first-order valence-electron chi connectivity index (χ1n) is 7.36. The first kappa shape index (κ1) is 19.8. The number of amides is 1. The topological polar surface area (TPSA) is 62.7 Å². The quantitative estimate of drug-likeness (QED) is 0.537. The van der Waals surface area contributed by atoms with Gasteiger partial charge in [0.05, 0.1) is 25.4 Å². The number of methoxy groups -OCH3 is 1. The number of carbonyl (C=O) groups excluding carboxylic acids is 1. The maximum atomic E-state index is 12.6. The lowest BCUT2D eigenvalue weighted by Crippen LogP contribution is -2.26. The van der Waals surface area contributed by atoms with Crippen LogP contribution in [0.5, 0.6) is 5.75 Å². The second-order valence-corrected chi connectivity index (χ2v) is 6.03. The Bertz CT molecular complexity index is 810. The van der Waals surface area contributed by atoms with Crippen LogP contribution >= 0.6 is 15.9 Å². The van der Waals surface area contributed by atoms with Crippen LogP contribution in [0.1, 0.15) is 11.1 Å². The number of alkyl halides is 3. The van der Waals surface area contributed by atoms with Gasteiger partial charge in [0, 0.05) is 15.7 Å². The summed E-state index contributed by atoms with van der Waals surface area (Å²) in [4.78, 5) is 11.8. The van der Waals surface area contributed by atoms with E-state index in [0.29, 0.717) is 11.3 Å². The number of nitrogens with one attached hydrogen (secondary N) is 2. The molecule has 0 spiro atoms. The highest BCUT2D eigenvalue weighted by Gasteiger charge is 2.30. The third kappa shape index (κ3) is 5.76. The Morgan fingerprint density at radius 3 is 2.73 bits per heavy atom. The molecule has 0 bridgehead atoms. The van der Waals surface area contributed by atoms with E-state index in [1.165, 1.54) is 25.5 Å². The minimum Gasteiger partial charge on any atom is -0.496 e. The van der Waals surface area contributed by atoms with Gasteiger partial charge in [0.25, 0.3) is 5.91 Å². The fourth-order valence-electron chi connectivity index (χ4n) is 2.01. The standard InChI is InChI=1S/C17H15BrF3N3O2/c1-26-15-6-5-13(18)7-11(15)9-23-24-16(25)10-22-14-4-2-3-12(8-14)17(19,20)21/h2-9,22H,10H2,1H3,(H,24,25). The van der Waals surface area contributed by atoms with Crippen molar-refractivity contribution in [3.63, 3.8) is 0 Å². The summed E-state index contributed by atoms with van der Waals surface area (Å²) in [6, 6.07) is 9.90. The molecular weight excluding hydrogens is 415 g/mol. The number of hydrazone groups is 1. The average Bonchev–Trinajstić information content (AvgIpc) is 2.60. The summed E-state index contributed by atoms with van der Waals surface area (Å²) in [7, 11) is 1.51. The van der Waals surface area contributed by atoms with E-state index >= 15 is 0 Å². The van der Waals surface area contributed by atoms with E-state index in [1.807, 2.05) is 0 Å². The molecule has 2 rings (SSSR count). The Morgan fingerprint density at radius 2 is 2.04 bits per heavy atom. The summed E-state index contributed by atoms with van der Waals surface area (Å²) in [6.45, 7) is -0.228. The van der Waals surface area contributed by atoms with Crippen LogP contribution in [-0.4, -0.2) is 25.8 Å². The molecule has 0 fully saturated rings. The lowest BCUT2D eigenvalue weighted by Gasteiger charge is -2.10. The third-order valence-corrected chi connectivity index (χ3v) is 3.72. The van der Waals surface area contributed by atoms with Crippen LogP contribution < -0.4 is 15.5 Å². The van der Waals surface area contributed by atoms with Crippen LogP contribution in [0, 0.1) is 0 Å². The summed E-state index contributed by atoms with van der Waals surface area (Å²) in [5.74, 6) is 0.0703. The van der Waals surface area contributed by atoms with E-state index in [4.69, 9.17) is 4.74 Å². The molecular formula is C17H15BrF3N3O2. The van der Waals surface area contributed by atoms with Gasteiger partial charge < -0.3 is 10.1 Å². The highest BCUT2D eigenvalue weighted by Crippen LogP contribution is 2.30. The minimum absolute atomic E-state index is 0.188. The number of ether oxygens (including phenoxy) is 1. The molecule has 0 saturated heterocycles. The van der Waals surface area contributed by atoms with Gasteiger partial charge in [-0.05, 0) is 36.4 Å². The van der Waals surface area contributed by atoms with Crippen molar-refractivity contribution in [3.8, 4) is 5.75 Å². The summed E-state index contributed by atoms with van der Waals surface area (Å²) in [5, 5.41) is 6.43. The Hall–Kier alpha value is -2.55. The van der Waals surface area contributed by atoms with E-state index in [2.05, 4.69) is 31.8 Å². The molecule has 26 heavy (non-hydrogen) atoms. The van der Waals surface area contributed by atoms with Crippen molar-refractivity contribution < 1.29 is 22.7 Å². The van der Waals surface area contributed by atoms with Crippen molar-refractivity contribution in [3.05, 3.63) is 58.1 Å². The molecule has 0 atom stereocenters. The second kappa shape index (κ2) is 8.70. The van der Waals surface area contributed by atoms with Gasteiger partial charge in [-0.1, -0.05) is 22.0 Å². The molecule has 0 saturated carbocycles. The average molecular weight is 430 g/mol. The molecule has 2 N–H and O–H groups in total. The summed E-state index contributed by atoms with van der Waals surface area (Å²) in [6.07, 6.45) is -3.03. The van der Waals surface area contributed by atoms with Crippen molar-refractivity contribution in [1.29, 1.82) is 0 Å². The third-order valence-electron chi connectivity index (χ3n) is 3.23. The minimum atomic E-state index is -4.44. The fraction of sp³-hybridized carbons (Fsp3) is 0.176.